The summed E-state index contributed by atoms with van der Waals surface area (Å²) >= 11 is 0. The van der Waals surface area contributed by atoms with E-state index in [4.69, 9.17) is 14.2 Å². The van der Waals surface area contributed by atoms with E-state index in [1.54, 1.807) is 0 Å². The van der Waals surface area contributed by atoms with E-state index in [0.29, 0.717) is 50.2 Å². The zero-order valence-electron chi connectivity index (χ0n) is 20.6. The van der Waals surface area contributed by atoms with Gasteiger partial charge in [-0.2, -0.15) is 4.98 Å². The molecule has 1 aromatic carbocycles. The molecule has 1 N–H and O–H groups in total. The van der Waals surface area contributed by atoms with E-state index in [-0.39, 0.29) is 23.5 Å². The average molecular weight is 483 g/mol. The first-order valence-corrected chi connectivity index (χ1v) is 12.5. The smallest absolute Gasteiger partial charge is 0.410 e. The number of rotatable bonds is 7. The molecule has 0 spiro atoms. The molecule has 1 aliphatic heterocycles. The van der Waals surface area contributed by atoms with Gasteiger partial charge in [-0.25, -0.2) is 4.79 Å². The summed E-state index contributed by atoms with van der Waals surface area (Å²) in [7, 11) is 0. The Morgan fingerprint density at radius 2 is 1.89 bits per heavy atom. The van der Waals surface area contributed by atoms with Crippen molar-refractivity contribution in [1.29, 1.82) is 0 Å². The molecule has 2 atom stereocenters. The molecule has 9 nitrogen and oxygen atoms in total. The molecule has 188 valence electrons. The Kier molecular flexibility index (Phi) is 5.97. The lowest BCUT2D eigenvalue weighted by Crippen LogP contribution is -2.43. The number of carbonyl (C=O) groups is 2. The summed E-state index contributed by atoms with van der Waals surface area (Å²) in [4.78, 5) is 33.1. The lowest BCUT2D eigenvalue weighted by Gasteiger charge is -2.30. The summed E-state index contributed by atoms with van der Waals surface area (Å²) in [6.07, 6.45) is 3.51. The first-order valence-electron chi connectivity index (χ1n) is 12.5. The Hall–Kier alpha value is -3.10. The van der Waals surface area contributed by atoms with Crippen LogP contribution in [0.2, 0.25) is 0 Å². The number of benzene rings is 1. The van der Waals surface area contributed by atoms with E-state index in [9.17, 15) is 14.7 Å². The highest BCUT2D eigenvalue weighted by molar-refractivity contribution is 5.70. The van der Waals surface area contributed by atoms with Gasteiger partial charge in [0.25, 0.3) is 0 Å². The van der Waals surface area contributed by atoms with E-state index in [2.05, 4.69) is 17.3 Å². The molecular formula is C26H34N4O5. The van der Waals surface area contributed by atoms with Gasteiger partial charge >= 0.3 is 18.1 Å². The molecule has 35 heavy (non-hydrogen) atoms. The molecule has 0 unspecified atom stereocenters. The van der Waals surface area contributed by atoms with E-state index >= 15 is 0 Å². The molecule has 2 aliphatic carbocycles. The Balaban J connectivity index is 1.31. The zero-order chi connectivity index (χ0) is 24.8. The minimum atomic E-state index is -0.746. The molecule has 0 bridgehead atoms. The van der Waals surface area contributed by atoms with Crippen LogP contribution in [-0.2, 0) is 14.9 Å². The van der Waals surface area contributed by atoms with Crippen molar-refractivity contribution >= 4 is 18.1 Å². The third-order valence-corrected chi connectivity index (χ3v) is 7.34. The summed E-state index contributed by atoms with van der Waals surface area (Å²) in [6.45, 7) is 7.31. The Bertz CT molecular complexity index is 1070. The van der Waals surface area contributed by atoms with Crippen LogP contribution in [0.15, 0.2) is 34.9 Å². The van der Waals surface area contributed by atoms with Gasteiger partial charge in [-0.3, -0.25) is 4.79 Å². The number of amides is 1. The third kappa shape index (κ3) is 5.13. The number of nitrogens with zero attached hydrogens (tertiary/aromatic N) is 4. The van der Waals surface area contributed by atoms with Crippen molar-refractivity contribution in [2.24, 2.45) is 5.92 Å². The van der Waals surface area contributed by atoms with Gasteiger partial charge < -0.3 is 24.2 Å². The highest BCUT2D eigenvalue weighted by Gasteiger charge is 2.55. The number of hydrogen-bond donors (Lipinski definition) is 1. The molecule has 1 aromatic heterocycles. The van der Waals surface area contributed by atoms with Crippen LogP contribution in [0.1, 0.15) is 70.2 Å². The maximum atomic E-state index is 13.3. The van der Waals surface area contributed by atoms with Crippen molar-refractivity contribution in [3.63, 3.8) is 0 Å². The molecule has 2 aromatic rings. The van der Waals surface area contributed by atoms with Crippen LogP contribution < -0.4 is 4.90 Å². The lowest BCUT2D eigenvalue weighted by molar-refractivity contribution is -0.142. The van der Waals surface area contributed by atoms with Crippen LogP contribution in [0.4, 0.5) is 10.8 Å². The van der Waals surface area contributed by atoms with Crippen molar-refractivity contribution in [3.8, 4) is 0 Å². The summed E-state index contributed by atoms with van der Waals surface area (Å²) in [5, 5.41) is 13.5. The predicted octanol–water partition coefficient (Wildman–Crippen LogP) is 4.20. The Labute approximate surface area is 205 Å². The fourth-order valence-electron chi connectivity index (χ4n) is 5.03. The highest BCUT2D eigenvalue weighted by atomic mass is 16.6. The van der Waals surface area contributed by atoms with E-state index < -0.39 is 11.6 Å². The minimum Gasteiger partial charge on any atom is -0.481 e. The SMILES string of the molecule is CC(C)(C)OC(=O)N(CC1(c2noc(N3CCC(C(=O)O)CC3)n2)CC1)[C@@H]1C[C@H]1c1ccccc1. The van der Waals surface area contributed by atoms with Gasteiger partial charge in [-0.1, -0.05) is 35.5 Å². The molecule has 2 heterocycles. The number of aromatic nitrogens is 2. The number of aliphatic carboxylic acids is 1. The molecule has 0 radical (unpaired) electrons. The number of anilines is 1. The van der Waals surface area contributed by atoms with Crippen molar-refractivity contribution in [3.05, 3.63) is 41.7 Å². The van der Waals surface area contributed by atoms with Crippen molar-refractivity contribution in [2.75, 3.05) is 24.5 Å². The van der Waals surface area contributed by atoms with Crippen molar-refractivity contribution in [2.45, 2.75) is 75.9 Å². The number of hydrogen-bond acceptors (Lipinski definition) is 7. The first kappa shape index (κ1) is 23.6. The summed E-state index contributed by atoms with van der Waals surface area (Å²) < 4.78 is 11.4. The number of piperidine rings is 1. The maximum Gasteiger partial charge on any atom is 0.410 e. The molecule has 1 saturated heterocycles. The quantitative estimate of drug-likeness (QED) is 0.626. The summed E-state index contributed by atoms with van der Waals surface area (Å²) in [5.41, 5.74) is 0.328. The standard InChI is InChI=1S/C26H34N4O5/c1-25(2,3)34-24(33)30(20-15-19(20)17-7-5-4-6-8-17)16-26(11-12-26)22-27-23(35-28-22)29-13-9-18(10-14-29)21(31)32/h4-8,18-20H,9-16H2,1-3H3,(H,31,32)/t19-,20+/m0/s1. The van der Waals surface area contributed by atoms with Crippen molar-refractivity contribution in [1.82, 2.24) is 15.0 Å². The molecule has 3 fully saturated rings. The second-order valence-corrected chi connectivity index (χ2v) is 11.2. The van der Waals surface area contributed by atoms with Crippen LogP contribution in [0.25, 0.3) is 0 Å². The van der Waals surface area contributed by atoms with Gasteiger partial charge in [0.05, 0.1) is 11.3 Å². The molecule has 9 heteroatoms. The van der Waals surface area contributed by atoms with Gasteiger partial charge in [-0.15, -0.1) is 0 Å². The fourth-order valence-corrected chi connectivity index (χ4v) is 5.03. The Morgan fingerprint density at radius 3 is 2.49 bits per heavy atom. The molecule has 1 amide bonds. The number of carboxylic acids is 1. The molecule has 3 aliphatic rings. The van der Waals surface area contributed by atoms with Crippen LogP contribution in [0.3, 0.4) is 0 Å². The van der Waals surface area contributed by atoms with Gasteiger partial charge in [0.2, 0.25) is 0 Å². The van der Waals surface area contributed by atoms with Crippen LogP contribution in [-0.4, -0.2) is 63.5 Å². The molecule has 2 saturated carbocycles. The van der Waals surface area contributed by atoms with E-state index in [1.165, 1.54) is 5.56 Å². The first-order chi connectivity index (χ1) is 16.7. The minimum absolute atomic E-state index is 0.0890. The molecule has 5 rings (SSSR count). The van der Waals surface area contributed by atoms with Crippen molar-refractivity contribution < 1.29 is 24.0 Å². The molecular weight excluding hydrogens is 448 g/mol. The van der Waals surface area contributed by atoms with Gasteiger partial charge in [0, 0.05) is 31.6 Å². The fraction of sp³-hybridized carbons (Fsp3) is 0.615. The van der Waals surface area contributed by atoms with Gasteiger partial charge in [0.15, 0.2) is 5.82 Å². The predicted molar refractivity (Wildman–Crippen MR) is 128 cm³/mol. The number of carboxylic acid groups (broad SMARTS) is 1. The Morgan fingerprint density at radius 1 is 1.20 bits per heavy atom. The average Bonchev–Trinajstić information content (AvgIpc) is 3.73. The maximum absolute atomic E-state index is 13.3. The summed E-state index contributed by atoms with van der Waals surface area (Å²) in [5.74, 6) is -0.139. The van der Waals surface area contributed by atoms with Gasteiger partial charge in [-0.05, 0) is 58.4 Å². The van der Waals surface area contributed by atoms with Crippen LogP contribution in [0, 0.1) is 5.92 Å². The second-order valence-electron chi connectivity index (χ2n) is 11.2. The third-order valence-electron chi connectivity index (χ3n) is 7.34. The second kappa shape index (κ2) is 8.84. The highest BCUT2D eigenvalue weighted by Crippen LogP contribution is 2.52. The van der Waals surface area contributed by atoms with E-state index in [0.717, 1.165) is 19.3 Å². The van der Waals surface area contributed by atoms with Gasteiger partial charge in [0.1, 0.15) is 5.60 Å². The monoisotopic (exact) mass is 482 g/mol. The topological polar surface area (TPSA) is 109 Å². The zero-order valence-corrected chi connectivity index (χ0v) is 20.6. The van der Waals surface area contributed by atoms with Crippen LogP contribution >= 0.6 is 0 Å². The summed E-state index contributed by atoms with van der Waals surface area (Å²) in [6, 6.07) is 10.8. The lowest BCUT2D eigenvalue weighted by atomic mass is 9.97. The number of ether oxygens (including phenoxy) is 1. The largest absolute Gasteiger partial charge is 0.481 e. The van der Waals surface area contributed by atoms with Crippen LogP contribution in [0.5, 0.6) is 0 Å². The number of carbonyl (C=O) groups excluding carboxylic acids is 1. The normalized spacial score (nSPS) is 23.6. The van der Waals surface area contributed by atoms with E-state index in [1.807, 2.05) is 48.8 Å².